The molecule has 1 amide bonds. The maximum absolute atomic E-state index is 12.4. The fraction of sp³-hybridized carbons (Fsp3) is 0.471. The SMILES string of the molecule is C#CCN1CCN(C(=O)C(C)Oc2cccc(CO)c2)CC1. The van der Waals surface area contributed by atoms with Gasteiger partial charge in [0, 0.05) is 26.2 Å². The first-order valence-corrected chi connectivity index (χ1v) is 7.45. The number of terminal acetylenes is 1. The van der Waals surface area contributed by atoms with Crippen molar-refractivity contribution < 1.29 is 14.6 Å². The van der Waals surface area contributed by atoms with Crippen molar-refractivity contribution in [3.63, 3.8) is 0 Å². The van der Waals surface area contributed by atoms with E-state index in [-0.39, 0.29) is 12.5 Å². The van der Waals surface area contributed by atoms with Crippen LogP contribution in [0.5, 0.6) is 5.75 Å². The Balaban J connectivity index is 1.88. The molecule has 5 heteroatoms. The van der Waals surface area contributed by atoms with E-state index in [1.807, 2.05) is 11.0 Å². The standard InChI is InChI=1S/C17H22N2O3/c1-3-7-18-8-10-19(11-9-18)17(21)14(2)22-16-6-4-5-15(12-16)13-20/h1,4-6,12,14,20H,7-11,13H2,2H3. The van der Waals surface area contributed by atoms with Gasteiger partial charge in [0.2, 0.25) is 0 Å². The van der Waals surface area contributed by atoms with Gasteiger partial charge in [-0.05, 0) is 24.6 Å². The van der Waals surface area contributed by atoms with E-state index in [2.05, 4.69) is 10.8 Å². The van der Waals surface area contributed by atoms with E-state index in [1.165, 1.54) is 0 Å². The Kier molecular flexibility index (Phi) is 5.82. The zero-order valence-corrected chi connectivity index (χ0v) is 12.9. The van der Waals surface area contributed by atoms with Crippen LogP contribution in [0.25, 0.3) is 0 Å². The summed E-state index contributed by atoms with van der Waals surface area (Å²) in [5, 5.41) is 9.13. The molecule has 0 bridgehead atoms. The van der Waals surface area contributed by atoms with Crippen LogP contribution >= 0.6 is 0 Å². The lowest BCUT2D eigenvalue weighted by atomic mass is 10.2. The van der Waals surface area contributed by atoms with Crippen LogP contribution < -0.4 is 4.74 Å². The first kappa shape index (κ1) is 16.3. The minimum absolute atomic E-state index is 0.0187. The highest BCUT2D eigenvalue weighted by Gasteiger charge is 2.25. The fourth-order valence-corrected chi connectivity index (χ4v) is 2.48. The third-order valence-corrected chi connectivity index (χ3v) is 3.74. The van der Waals surface area contributed by atoms with Crippen molar-refractivity contribution in [1.82, 2.24) is 9.80 Å². The Morgan fingerprint density at radius 3 is 2.77 bits per heavy atom. The van der Waals surface area contributed by atoms with Crippen LogP contribution in [0.15, 0.2) is 24.3 Å². The van der Waals surface area contributed by atoms with E-state index in [0.29, 0.717) is 25.4 Å². The summed E-state index contributed by atoms with van der Waals surface area (Å²) in [5.41, 5.74) is 0.764. The molecule has 0 spiro atoms. The number of ether oxygens (including phenoxy) is 1. The van der Waals surface area contributed by atoms with E-state index in [9.17, 15) is 4.79 Å². The van der Waals surface area contributed by atoms with Gasteiger partial charge in [-0.2, -0.15) is 0 Å². The number of piperazine rings is 1. The molecule has 1 heterocycles. The molecule has 22 heavy (non-hydrogen) atoms. The molecule has 1 aliphatic heterocycles. The first-order valence-electron chi connectivity index (χ1n) is 7.45. The van der Waals surface area contributed by atoms with Gasteiger partial charge in [0.25, 0.3) is 5.91 Å². The highest BCUT2D eigenvalue weighted by molar-refractivity contribution is 5.81. The van der Waals surface area contributed by atoms with Gasteiger partial charge in [0.15, 0.2) is 6.10 Å². The molecular weight excluding hydrogens is 280 g/mol. The average molecular weight is 302 g/mol. The molecule has 1 fully saturated rings. The molecule has 1 N–H and O–H groups in total. The molecule has 1 aliphatic rings. The van der Waals surface area contributed by atoms with Crippen LogP contribution in [0.2, 0.25) is 0 Å². The highest BCUT2D eigenvalue weighted by Crippen LogP contribution is 2.16. The lowest BCUT2D eigenvalue weighted by Gasteiger charge is -2.35. The third-order valence-electron chi connectivity index (χ3n) is 3.74. The number of carbonyl (C=O) groups excluding carboxylic acids is 1. The number of nitrogens with zero attached hydrogens (tertiary/aromatic N) is 2. The smallest absolute Gasteiger partial charge is 0.263 e. The Morgan fingerprint density at radius 1 is 1.41 bits per heavy atom. The van der Waals surface area contributed by atoms with E-state index >= 15 is 0 Å². The van der Waals surface area contributed by atoms with Crippen molar-refractivity contribution in [3.05, 3.63) is 29.8 Å². The summed E-state index contributed by atoms with van der Waals surface area (Å²) >= 11 is 0. The van der Waals surface area contributed by atoms with Crippen molar-refractivity contribution in [1.29, 1.82) is 0 Å². The molecule has 2 rings (SSSR count). The predicted octanol–water partition coefficient (Wildman–Crippen LogP) is 0.724. The van der Waals surface area contributed by atoms with Gasteiger partial charge in [0.05, 0.1) is 13.2 Å². The molecule has 0 saturated carbocycles. The molecule has 0 radical (unpaired) electrons. The summed E-state index contributed by atoms with van der Waals surface area (Å²) in [6, 6.07) is 7.14. The molecule has 118 valence electrons. The number of amides is 1. The quantitative estimate of drug-likeness (QED) is 0.815. The molecule has 1 atom stereocenters. The molecule has 0 aromatic heterocycles. The van der Waals surface area contributed by atoms with E-state index < -0.39 is 6.10 Å². The van der Waals surface area contributed by atoms with E-state index in [0.717, 1.165) is 18.7 Å². The van der Waals surface area contributed by atoms with Gasteiger partial charge in [-0.1, -0.05) is 18.1 Å². The van der Waals surface area contributed by atoms with Gasteiger partial charge in [-0.25, -0.2) is 0 Å². The predicted molar refractivity (Wildman–Crippen MR) is 84.3 cm³/mol. The van der Waals surface area contributed by atoms with Crippen LogP contribution in [0.4, 0.5) is 0 Å². The average Bonchev–Trinajstić information content (AvgIpc) is 2.55. The number of hydrogen-bond acceptors (Lipinski definition) is 4. The van der Waals surface area contributed by atoms with Crippen molar-refractivity contribution in [3.8, 4) is 18.1 Å². The minimum atomic E-state index is -0.548. The van der Waals surface area contributed by atoms with Gasteiger partial charge in [0.1, 0.15) is 5.75 Å². The van der Waals surface area contributed by atoms with Crippen molar-refractivity contribution in [2.24, 2.45) is 0 Å². The molecule has 1 aromatic rings. The normalized spacial score (nSPS) is 16.9. The summed E-state index contributed by atoms with van der Waals surface area (Å²) < 4.78 is 5.70. The second kappa shape index (κ2) is 7.83. The molecule has 0 aliphatic carbocycles. The monoisotopic (exact) mass is 302 g/mol. The number of benzene rings is 1. The largest absolute Gasteiger partial charge is 0.481 e. The van der Waals surface area contributed by atoms with E-state index in [1.54, 1.807) is 25.1 Å². The summed E-state index contributed by atoms with van der Waals surface area (Å²) in [5.74, 6) is 3.20. The van der Waals surface area contributed by atoms with Gasteiger partial charge in [-0.3, -0.25) is 9.69 Å². The highest BCUT2D eigenvalue weighted by atomic mass is 16.5. The number of hydrogen-bond donors (Lipinski definition) is 1. The fourth-order valence-electron chi connectivity index (χ4n) is 2.48. The van der Waals surface area contributed by atoms with E-state index in [4.69, 9.17) is 16.3 Å². The van der Waals surface area contributed by atoms with Gasteiger partial charge >= 0.3 is 0 Å². The Hall–Kier alpha value is -2.03. The van der Waals surface area contributed by atoms with Crippen LogP contribution in [-0.2, 0) is 11.4 Å². The minimum Gasteiger partial charge on any atom is -0.481 e. The maximum atomic E-state index is 12.4. The van der Waals surface area contributed by atoms with Crippen molar-refractivity contribution in [2.75, 3.05) is 32.7 Å². The molecular formula is C17H22N2O3. The van der Waals surface area contributed by atoms with Crippen LogP contribution in [-0.4, -0.2) is 59.6 Å². The molecule has 1 saturated heterocycles. The van der Waals surface area contributed by atoms with Crippen molar-refractivity contribution in [2.45, 2.75) is 19.6 Å². The first-order chi connectivity index (χ1) is 10.6. The Labute approximate surface area is 131 Å². The Bertz CT molecular complexity index is 545. The van der Waals surface area contributed by atoms with Crippen LogP contribution in [0.1, 0.15) is 12.5 Å². The lowest BCUT2D eigenvalue weighted by molar-refractivity contribution is -0.139. The second-order valence-corrected chi connectivity index (χ2v) is 5.37. The summed E-state index contributed by atoms with van der Waals surface area (Å²) in [6.07, 6.45) is 4.75. The van der Waals surface area contributed by atoms with Crippen LogP contribution in [0, 0.1) is 12.3 Å². The third kappa shape index (κ3) is 4.23. The lowest BCUT2D eigenvalue weighted by Crippen LogP contribution is -2.51. The molecule has 1 unspecified atom stereocenters. The van der Waals surface area contributed by atoms with Gasteiger partial charge < -0.3 is 14.7 Å². The second-order valence-electron chi connectivity index (χ2n) is 5.37. The topological polar surface area (TPSA) is 53.0 Å². The zero-order chi connectivity index (χ0) is 15.9. The van der Waals surface area contributed by atoms with Crippen molar-refractivity contribution >= 4 is 5.91 Å². The molecule has 5 nitrogen and oxygen atoms in total. The maximum Gasteiger partial charge on any atom is 0.263 e. The number of rotatable bonds is 5. The van der Waals surface area contributed by atoms with Crippen LogP contribution in [0.3, 0.4) is 0 Å². The number of carbonyl (C=O) groups is 1. The summed E-state index contributed by atoms with van der Waals surface area (Å²) in [7, 11) is 0. The van der Waals surface area contributed by atoms with Gasteiger partial charge in [-0.15, -0.1) is 6.42 Å². The molecule has 1 aromatic carbocycles. The summed E-state index contributed by atoms with van der Waals surface area (Å²) in [6.45, 7) is 5.27. The number of aliphatic hydroxyl groups is 1. The number of aliphatic hydroxyl groups excluding tert-OH is 1. The Morgan fingerprint density at radius 2 is 2.14 bits per heavy atom. The summed E-state index contributed by atoms with van der Waals surface area (Å²) in [4.78, 5) is 16.4. The zero-order valence-electron chi connectivity index (χ0n) is 12.9.